The van der Waals surface area contributed by atoms with E-state index in [-0.39, 0.29) is 6.10 Å². The van der Waals surface area contributed by atoms with E-state index in [9.17, 15) is 5.11 Å². The Balaban J connectivity index is 2.60. The third-order valence-corrected chi connectivity index (χ3v) is 3.90. The molecular formula is C11H22O. The Kier molecular flexibility index (Phi) is 2.82. The minimum absolute atomic E-state index is 0.0638. The van der Waals surface area contributed by atoms with Gasteiger partial charge in [0.15, 0.2) is 0 Å². The summed E-state index contributed by atoms with van der Waals surface area (Å²) in [4.78, 5) is 0. The molecule has 0 bridgehead atoms. The average molecular weight is 170 g/mol. The maximum absolute atomic E-state index is 9.76. The van der Waals surface area contributed by atoms with E-state index in [1.807, 2.05) is 0 Å². The van der Waals surface area contributed by atoms with Gasteiger partial charge in [0.1, 0.15) is 0 Å². The summed E-state index contributed by atoms with van der Waals surface area (Å²) in [6.45, 7) is 9.00. The van der Waals surface area contributed by atoms with Gasteiger partial charge in [-0.2, -0.15) is 0 Å². The molecule has 0 heterocycles. The quantitative estimate of drug-likeness (QED) is 0.641. The molecule has 1 saturated carbocycles. The molecule has 12 heavy (non-hydrogen) atoms. The standard InChI is InChI=1S/C11H22O/c1-8(2)11(4)6-5-9(3)10(12)7-11/h8-10,12H,5-7H2,1-4H3/t9-,10?,11-/m1/s1. The van der Waals surface area contributed by atoms with Crippen LogP contribution in [0.25, 0.3) is 0 Å². The van der Waals surface area contributed by atoms with Crippen molar-refractivity contribution in [2.24, 2.45) is 17.3 Å². The lowest BCUT2D eigenvalue weighted by Crippen LogP contribution is -2.37. The predicted octanol–water partition coefficient (Wildman–Crippen LogP) is 2.83. The fourth-order valence-electron chi connectivity index (χ4n) is 2.06. The molecule has 1 nitrogen and oxygen atoms in total. The molecule has 72 valence electrons. The van der Waals surface area contributed by atoms with Crippen molar-refractivity contribution in [3.05, 3.63) is 0 Å². The van der Waals surface area contributed by atoms with Gasteiger partial charge in [-0.05, 0) is 36.5 Å². The van der Waals surface area contributed by atoms with Crippen LogP contribution in [0.15, 0.2) is 0 Å². The Morgan fingerprint density at radius 3 is 2.42 bits per heavy atom. The summed E-state index contributed by atoms with van der Waals surface area (Å²) in [6.07, 6.45) is 3.40. The molecule has 0 aromatic carbocycles. The molecule has 0 aromatic rings. The first-order chi connectivity index (χ1) is 5.46. The fraction of sp³-hybridized carbons (Fsp3) is 1.00. The van der Waals surface area contributed by atoms with E-state index < -0.39 is 0 Å². The highest BCUT2D eigenvalue weighted by molar-refractivity contribution is 4.87. The highest BCUT2D eigenvalue weighted by Gasteiger charge is 2.36. The lowest BCUT2D eigenvalue weighted by Gasteiger charge is -2.42. The molecule has 0 radical (unpaired) electrons. The maximum Gasteiger partial charge on any atom is 0.0571 e. The van der Waals surface area contributed by atoms with Gasteiger partial charge < -0.3 is 5.11 Å². The van der Waals surface area contributed by atoms with Gasteiger partial charge in [-0.25, -0.2) is 0 Å². The Labute approximate surface area is 76.2 Å². The average Bonchev–Trinajstić information content (AvgIpc) is 1.97. The van der Waals surface area contributed by atoms with Gasteiger partial charge >= 0.3 is 0 Å². The number of aliphatic hydroxyl groups is 1. The summed E-state index contributed by atoms with van der Waals surface area (Å²) >= 11 is 0. The van der Waals surface area contributed by atoms with Gasteiger partial charge in [-0.3, -0.25) is 0 Å². The summed E-state index contributed by atoms with van der Waals surface area (Å²) in [5.41, 5.74) is 0.381. The Hall–Kier alpha value is -0.0400. The van der Waals surface area contributed by atoms with Gasteiger partial charge in [0.2, 0.25) is 0 Å². The van der Waals surface area contributed by atoms with Crippen LogP contribution in [-0.2, 0) is 0 Å². The number of hydrogen-bond donors (Lipinski definition) is 1. The number of aliphatic hydroxyl groups excluding tert-OH is 1. The van der Waals surface area contributed by atoms with Crippen molar-refractivity contribution in [3.8, 4) is 0 Å². The van der Waals surface area contributed by atoms with Gasteiger partial charge in [-0.1, -0.05) is 27.7 Å². The monoisotopic (exact) mass is 170 g/mol. The Morgan fingerprint density at radius 1 is 1.42 bits per heavy atom. The van der Waals surface area contributed by atoms with E-state index in [1.165, 1.54) is 12.8 Å². The molecule has 0 saturated heterocycles. The van der Waals surface area contributed by atoms with Crippen LogP contribution in [0.5, 0.6) is 0 Å². The highest BCUT2D eigenvalue weighted by Crippen LogP contribution is 2.43. The van der Waals surface area contributed by atoms with E-state index in [4.69, 9.17) is 0 Å². The molecule has 0 amide bonds. The summed E-state index contributed by atoms with van der Waals surface area (Å²) in [7, 11) is 0. The van der Waals surface area contributed by atoms with Gasteiger partial charge in [0, 0.05) is 0 Å². The van der Waals surface area contributed by atoms with E-state index in [2.05, 4.69) is 27.7 Å². The molecule has 3 atom stereocenters. The second kappa shape index (κ2) is 3.37. The van der Waals surface area contributed by atoms with E-state index >= 15 is 0 Å². The van der Waals surface area contributed by atoms with Crippen LogP contribution in [0.2, 0.25) is 0 Å². The maximum atomic E-state index is 9.76. The van der Waals surface area contributed by atoms with Gasteiger partial charge in [0.25, 0.3) is 0 Å². The van der Waals surface area contributed by atoms with Crippen LogP contribution in [0.1, 0.15) is 47.0 Å². The first-order valence-electron chi connectivity index (χ1n) is 5.14. The molecule has 0 aliphatic heterocycles. The van der Waals surface area contributed by atoms with Crippen LogP contribution in [0.3, 0.4) is 0 Å². The zero-order valence-electron chi connectivity index (χ0n) is 8.80. The Bertz CT molecular complexity index is 153. The van der Waals surface area contributed by atoms with Crippen molar-refractivity contribution in [2.45, 2.75) is 53.1 Å². The molecule has 0 spiro atoms. The minimum atomic E-state index is -0.0638. The second-order valence-electron chi connectivity index (χ2n) is 5.10. The van der Waals surface area contributed by atoms with Crippen LogP contribution < -0.4 is 0 Å². The number of rotatable bonds is 1. The topological polar surface area (TPSA) is 20.2 Å². The van der Waals surface area contributed by atoms with E-state index in [0.29, 0.717) is 17.3 Å². The van der Waals surface area contributed by atoms with Crippen molar-refractivity contribution in [1.82, 2.24) is 0 Å². The largest absolute Gasteiger partial charge is 0.393 e. The molecule has 0 aromatic heterocycles. The zero-order valence-corrected chi connectivity index (χ0v) is 8.80. The summed E-state index contributed by atoms with van der Waals surface area (Å²) in [5.74, 6) is 1.21. The Morgan fingerprint density at radius 2 is 2.00 bits per heavy atom. The zero-order chi connectivity index (χ0) is 9.35. The first kappa shape index (κ1) is 10.0. The molecular weight excluding hydrogens is 148 g/mol. The van der Waals surface area contributed by atoms with Crippen molar-refractivity contribution < 1.29 is 5.11 Å². The van der Waals surface area contributed by atoms with Crippen LogP contribution in [0.4, 0.5) is 0 Å². The van der Waals surface area contributed by atoms with Crippen molar-refractivity contribution in [3.63, 3.8) is 0 Å². The molecule has 1 aliphatic rings. The molecule has 1 rings (SSSR count). The van der Waals surface area contributed by atoms with Gasteiger partial charge in [0.05, 0.1) is 6.10 Å². The normalized spacial score (nSPS) is 43.5. The van der Waals surface area contributed by atoms with Gasteiger partial charge in [-0.15, -0.1) is 0 Å². The van der Waals surface area contributed by atoms with Crippen LogP contribution in [0, 0.1) is 17.3 Å². The summed E-state index contributed by atoms with van der Waals surface area (Å²) in [6, 6.07) is 0. The molecule has 1 N–H and O–H groups in total. The lowest BCUT2D eigenvalue weighted by atomic mass is 9.65. The first-order valence-corrected chi connectivity index (χ1v) is 5.14. The molecule has 1 aliphatic carbocycles. The second-order valence-corrected chi connectivity index (χ2v) is 5.10. The number of hydrogen-bond acceptors (Lipinski definition) is 1. The molecule has 1 heteroatoms. The van der Waals surface area contributed by atoms with Crippen molar-refractivity contribution in [2.75, 3.05) is 0 Å². The van der Waals surface area contributed by atoms with Crippen LogP contribution in [-0.4, -0.2) is 11.2 Å². The highest BCUT2D eigenvalue weighted by atomic mass is 16.3. The van der Waals surface area contributed by atoms with E-state index in [0.717, 1.165) is 6.42 Å². The summed E-state index contributed by atoms with van der Waals surface area (Å²) in [5, 5.41) is 9.76. The molecule has 1 unspecified atom stereocenters. The summed E-state index contributed by atoms with van der Waals surface area (Å²) < 4.78 is 0. The predicted molar refractivity (Wildman–Crippen MR) is 52.0 cm³/mol. The third-order valence-electron chi connectivity index (χ3n) is 3.90. The third kappa shape index (κ3) is 1.82. The van der Waals surface area contributed by atoms with Crippen molar-refractivity contribution >= 4 is 0 Å². The SMILES string of the molecule is CC(C)[C@]1(C)CC[C@@H](C)C(O)C1. The van der Waals surface area contributed by atoms with E-state index in [1.54, 1.807) is 0 Å². The fourth-order valence-corrected chi connectivity index (χ4v) is 2.06. The van der Waals surface area contributed by atoms with Crippen molar-refractivity contribution in [1.29, 1.82) is 0 Å². The molecule has 1 fully saturated rings. The lowest BCUT2D eigenvalue weighted by molar-refractivity contribution is -0.00599. The minimum Gasteiger partial charge on any atom is -0.393 e. The van der Waals surface area contributed by atoms with Crippen LogP contribution >= 0.6 is 0 Å². The smallest absolute Gasteiger partial charge is 0.0571 e.